The van der Waals surface area contributed by atoms with Crippen molar-refractivity contribution in [3.05, 3.63) is 69.8 Å². The van der Waals surface area contributed by atoms with Gasteiger partial charge in [-0.2, -0.15) is 0 Å². The molecular formula is C15H10N2O3. The fourth-order valence-electron chi connectivity index (χ4n) is 2.21. The standard InChI is InChI=1S/C15H10N2O3/c18-15-12(11-6-2-3-7-13(11)16-15)9-10-5-1-4-8-14(10)17(19)20/h1-9H,(H,16,18). The van der Waals surface area contributed by atoms with Crippen molar-refractivity contribution in [1.29, 1.82) is 0 Å². The molecule has 98 valence electrons. The van der Waals surface area contributed by atoms with E-state index < -0.39 is 4.92 Å². The van der Waals surface area contributed by atoms with E-state index in [0.717, 1.165) is 11.3 Å². The van der Waals surface area contributed by atoms with Crippen molar-refractivity contribution < 1.29 is 9.72 Å². The van der Waals surface area contributed by atoms with Crippen LogP contribution in [0, 0.1) is 10.1 Å². The average molecular weight is 266 g/mol. The minimum atomic E-state index is -0.453. The summed E-state index contributed by atoms with van der Waals surface area (Å²) in [6.45, 7) is 0. The topological polar surface area (TPSA) is 72.2 Å². The second-order valence-electron chi connectivity index (χ2n) is 4.37. The van der Waals surface area contributed by atoms with E-state index in [1.165, 1.54) is 6.07 Å². The van der Waals surface area contributed by atoms with E-state index >= 15 is 0 Å². The van der Waals surface area contributed by atoms with E-state index in [1.807, 2.05) is 18.2 Å². The molecule has 1 aliphatic heterocycles. The molecule has 20 heavy (non-hydrogen) atoms. The highest BCUT2D eigenvalue weighted by Crippen LogP contribution is 2.34. The first kappa shape index (κ1) is 12.1. The number of carbonyl (C=O) groups is 1. The Hall–Kier alpha value is -2.95. The van der Waals surface area contributed by atoms with Gasteiger partial charge in [0.25, 0.3) is 11.6 Å². The molecule has 0 saturated carbocycles. The largest absolute Gasteiger partial charge is 0.321 e. The number of fused-ring (bicyclic) bond motifs is 1. The highest BCUT2D eigenvalue weighted by molar-refractivity contribution is 6.35. The quantitative estimate of drug-likeness (QED) is 0.515. The molecule has 2 aromatic carbocycles. The Morgan fingerprint density at radius 3 is 2.55 bits per heavy atom. The second kappa shape index (κ2) is 4.62. The minimum absolute atomic E-state index is 0.0165. The van der Waals surface area contributed by atoms with Crippen molar-refractivity contribution in [3.8, 4) is 0 Å². The molecule has 2 aromatic rings. The van der Waals surface area contributed by atoms with Crippen molar-refractivity contribution in [2.45, 2.75) is 0 Å². The summed E-state index contributed by atoms with van der Waals surface area (Å²) in [6, 6.07) is 13.6. The molecule has 0 bridgehead atoms. The highest BCUT2D eigenvalue weighted by Gasteiger charge is 2.24. The fourth-order valence-corrected chi connectivity index (χ4v) is 2.21. The van der Waals surface area contributed by atoms with Gasteiger partial charge in [-0.1, -0.05) is 30.3 Å². The van der Waals surface area contributed by atoms with Crippen LogP contribution in [-0.2, 0) is 4.79 Å². The maximum atomic E-state index is 12.0. The highest BCUT2D eigenvalue weighted by atomic mass is 16.6. The normalized spacial score (nSPS) is 15.0. The van der Waals surface area contributed by atoms with E-state index in [1.54, 1.807) is 30.3 Å². The molecule has 3 rings (SSSR count). The summed E-state index contributed by atoms with van der Waals surface area (Å²) in [4.78, 5) is 22.5. The monoisotopic (exact) mass is 266 g/mol. The van der Waals surface area contributed by atoms with E-state index in [-0.39, 0.29) is 11.6 Å². The van der Waals surface area contributed by atoms with Crippen LogP contribution >= 0.6 is 0 Å². The molecule has 1 N–H and O–H groups in total. The van der Waals surface area contributed by atoms with Gasteiger partial charge in [0.15, 0.2) is 0 Å². The number of anilines is 1. The molecule has 0 atom stereocenters. The first-order chi connectivity index (χ1) is 9.66. The number of amides is 1. The van der Waals surface area contributed by atoms with Gasteiger partial charge in [0.05, 0.1) is 10.5 Å². The summed E-state index contributed by atoms with van der Waals surface area (Å²) in [6.07, 6.45) is 1.55. The van der Waals surface area contributed by atoms with Gasteiger partial charge in [-0.05, 0) is 18.2 Å². The molecule has 0 saturated heterocycles. The third-order valence-electron chi connectivity index (χ3n) is 3.14. The van der Waals surface area contributed by atoms with E-state index in [0.29, 0.717) is 11.1 Å². The summed E-state index contributed by atoms with van der Waals surface area (Å²) in [5, 5.41) is 13.7. The van der Waals surface area contributed by atoms with Crippen LogP contribution in [0.3, 0.4) is 0 Å². The van der Waals surface area contributed by atoms with E-state index in [4.69, 9.17) is 0 Å². The Morgan fingerprint density at radius 2 is 1.75 bits per heavy atom. The first-order valence-corrected chi connectivity index (χ1v) is 6.02. The Labute approximate surface area is 114 Å². The lowest BCUT2D eigenvalue weighted by Gasteiger charge is -1.99. The summed E-state index contributed by atoms with van der Waals surface area (Å²) < 4.78 is 0. The van der Waals surface area contributed by atoms with Crippen molar-refractivity contribution in [1.82, 2.24) is 0 Å². The molecule has 0 fully saturated rings. The number of nitrogens with one attached hydrogen (secondary N) is 1. The van der Waals surface area contributed by atoms with Gasteiger partial charge in [-0.15, -0.1) is 0 Å². The van der Waals surface area contributed by atoms with Crippen LogP contribution in [0.15, 0.2) is 48.5 Å². The van der Waals surface area contributed by atoms with Gasteiger partial charge in [0.2, 0.25) is 0 Å². The maximum Gasteiger partial charge on any atom is 0.276 e. The predicted octanol–water partition coefficient (Wildman–Crippen LogP) is 3.09. The molecule has 0 spiro atoms. The first-order valence-electron chi connectivity index (χ1n) is 6.02. The van der Waals surface area contributed by atoms with Crippen LogP contribution in [0.4, 0.5) is 11.4 Å². The predicted molar refractivity (Wildman–Crippen MR) is 76.0 cm³/mol. The molecule has 1 amide bonds. The smallest absolute Gasteiger partial charge is 0.276 e. The van der Waals surface area contributed by atoms with E-state index in [9.17, 15) is 14.9 Å². The Bertz CT molecular complexity index is 750. The molecule has 0 radical (unpaired) electrons. The maximum absolute atomic E-state index is 12.0. The lowest BCUT2D eigenvalue weighted by molar-refractivity contribution is -0.385. The van der Waals surface area contributed by atoms with Gasteiger partial charge in [0, 0.05) is 22.9 Å². The van der Waals surface area contributed by atoms with Crippen LogP contribution in [0.2, 0.25) is 0 Å². The number of nitrogens with zero attached hydrogens (tertiary/aromatic N) is 1. The SMILES string of the molecule is O=C1Nc2ccccc2C1=Cc1ccccc1[N+](=O)[O-]. The Morgan fingerprint density at radius 1 is 1.05 bits per heavy atom. The van der Waals surface area contributed by atoms with Crippen molar-refractivity contribution in [3.63, 3.8) is 0 Å². The molecule has 5 heteroatoms. The number of carbonyl (C=O) groups excluding carboxylic acids is 1. The molecule has 0 aliphatic carbocycles. The minimum Gasteiger partial charge on any atom is -0.321 e. The molecular weight excluding hydrogens is 256 g/mol. The van der Waals surface area contributed by atoms with Gasteiger partial charge in [0.1, 0.15) is 0 Å². The van der Waals surface area contributed by atoms with Crippen molar-refractivity contribution in [2.24, 2.45) is 0 Å². The molecule has 1 heterocycles. The number of benzene rings is 2. The summed E-state index contributed by atoms with van der Waals surface area (Å²) in [7, 11) is 0. The van der Waals surface area contributed by atoms with Crippen LogP contribution in [0.1, 0.15) is 11.1 Å². The number of hydrogen-bond donors (Lipinski definition) is 1. The summed E-state index contributed by atoms with van der Waals surface area (Å²) >= 11 is 0. The molecule has 5 nitrogen and oxygen atoms in total. The zero-order valence-electron chi connectivity index (χ0n) is 10.4. The zero-order valence-corrected chi connectivity index (χ0v) is 10.4. The molecule has 1 aliphatic rings. The Balaban J connectivity index is 2.14. The van der Waals surface area contributed by atoms with Crippen LogP contribution in [0.5, 0.6) is 0 Å². The average Bonchev–Trinajstić information content (AvgIpc) is 2.76. The van der Waals surface area contributed by atoms with Crippen LogP contribution in [0.25, 0.3) is 11.6 Å². The van der Waals surface area contributed by atoms with Crippen LogP contribution in [-0.4, -0.2) is 10.8 Å². The van der Waals surface area contributed by atoms with Gasteiger partial charge in [-0.3, -0.25) is 14.9 Å². The number of para-hydroxylation sites is 2. The third-order valence-corrected chi connectivity index (χ3v) is 3.14. The second-order valence-corrected chi connectivity index (χ2v) is 4.37. The molecule has 0 unspecified atom stereocenters. The summed E-state index contributed by atoms with van der Waals surface area (Å²) in [5.41, 5.74) is 2.32. The number of hydrogen-bond acceptors (Lipinski definition) is 3. The van der Waals surface area contributed by atoms with Crippen molar-refractivity contribution in [2.75, 3.05) is 5.32 Å². The lowest BCUT2D eigenvalue weighted by atomic mass is 10.0. The van der Waals surface area contributed by atoms with Crippen molar-refractivity contribution >= 4 is 28.9 Å². The van der Waals surface area contributed by atoms with Gasteiger partial charge < -0.3 is 5.32 Å². The fraction of sp³-hybridized carbons (Fsp3) is 0. The van der Waals surface area contributed by atoms with E-state index in [2.05, 4.69) is 5.32 Å². The lowest BCUT2D eigenvalue weighted by Crippen LogP contribution is -2.03. The third kappa shape index (κ3) is 1.95. The number of nitro benzene ring substituents is 1. The summed E-state index contributed by atoms with van der Waals surface area (Å²) in [5.74, 6) is -0.246. The number of rotatable bonds is 2. The zero-order chi connectivity index (χ0) is 14.1. The number of nitro groups is 1. The van der Waals surface area contributed by atoms with Gasteiger partial charge in [-0.25, -0.2) is 0 Å². The molecule has 0 aromatic heterocycles. The van der Waals surface area contributed by atoms with Crippen LogP contribution < -0.4 is 5.32 Å². The van der Waals surface area contributed by atoms with Gasteiger partial charge >= 0.3 is 0 Å². The Kier molecular flexibility index (Phi) is 2.80.